The molecule has 150 valence electrons. The van der Waals surface area contributed by atoms with Crippen LogP contribution in [0, 0.1) is 30.9 Å². The summed E-state index contributed by atoms with van der Waals surface area (Å²) in [6, 6.07) is 14.4. The van der Waals surface area contributed by atoms with Crippen LogP contribution < -0.4 is 10.6 Å². The van der Waals surface area contributed by atoms with E-state index in [4.69, 9.17) is 0 Å². The molecule has 0 bridgehead atoms. The number of nitrogens with one attached hydrogen (secondary N) is 2. The number of carbonyl (C=O) groups is 1. The molecule has 0 aliphatic heterocycles. The number of benzene rings is 2. The fourth-order valence-corrected chi connectivity index (χ4v) is 3.06. The van der Waals surface area contributed by atoms with Gasteiger partial charge in [0.1, 0.15) is 5.69 Å². The van der Waals surface area contributed by atoms with E-state index in [1.807, 2.05) is 45.0 Å². The molecule has 3 rings (SSSR count). The van der Waals surface area contributed by atoms with Gasteiger partial charge in [0, 0.05) is 19.0 Å². The van der Waals surface area contributed by atoms with Gasteiger partial charge in [-0.2, -0.15) is 5.10 Å². The summed E-state index contributed by atoms with van der Waals surface area (Å²) in [5.41, 5.74) is 4.71. The first-order valence-electron chi connectivity index (χ1n) is 9.27. The lowest BCUT2D eigenvalue weighted by Crippen LogP contribution is -2.17. The Kier molecular flexibility index (Phi) is 5.92. The number of aromatic nitrogens is 2. The molecule has 29 heavy (non-hydrogen) atoms. The normalized spacial score (nSPS) is 10.6. The van der Waals surface area contributed by atoms with Crippen LogP contribution in [0.2, 0.25) is 0 Å². The van der Waals surface area contributed by atoms with Gasteiger partial charge in [-0.1, -0.05) is 29.8 Å². The van der Waals surface area contributed by atoms with E-state index in [9.17, 15) is 14.9 Å². The Morgan fingerprint density at radius 2 is 1.79 bits per heavy atom. The SMILES string of the molecule is Cc1ccc(-n2nc(C)c(NC(=O)CCNc3ccccc3[N+](=O)[O-])c2C)cc1. The van der Waals surface area contributed by atoms with Crippen LogP contribution in [0.5, 0.6) is 0 Å². The first-order chi connectivity index (χ1) is 13.9. The minimum Gasteiger partial charge on any atom is -0.379 e. The zero-order valence-corrected chi connectivity index (χ0v) is 16.6. The fraction of sp³-hybridized carbons (Fsp3) is 0.238. The maximum absolute atomic E-state index is 12.4. The van der Waals surface area contributed by atoms with Gasteiger partial charge in [-0.05, 0) is 39.0 Å². The van der Waals surface area contributed by atoms with E-state index < -0.39 is 4.92 Å². The van der Waals surface area contributed by atoms with Gasteiger partial charge in [0.15, 0.2) is 0 Å². The van der Waals surface area contributed by atoms with Crippen LogP contribution in [0.25, 0.3) is 5.69 Å². The minimum atomic E-state index is -0.450. The minimum absolute atomic E-state index is 0.0148. The number of hydrogen-bond donors (Lipinski definition) is 2. The van der Waals surface area contributed by atoms with Crippen LogP contribution in [0.1, 0.15) is 23.4 Å². The van der Waals surface area contributed by atoms with E-state index in [1.54, 1.807) is 22.9 Å². The second kappa shape index (κ2) is 8.55. The molecule has 0 aliphatic carbocycles. The van der Waals surface area contributed by atoms with E-state index in [0.717, 1.165) is 22.6 Å². The Balaban J connectivity index is 1.64. The standard InChI is InChI=1S/C21H23N5O3/c1-14-8-10-17(11-9-14)25-16(3)21(15(2)24-25)23-20(27)12-13-22-18-6-4-5-7-19(18)26(28)29/h4-11,22H,12-13H2,1-3H3,(H,23,27). The summed E-state index contributed by atoms with van der Waals surface area (Å²) in [4.78, 5) is 23.0. The summed E-state index contributed by atoms with van der Waals surface area (Å²) >= 11 is 0. The molecule has 0 atom stereocenters. The molecule has 0 unspecified atom stereocenters. The summed E-state index contributed by atoms with van der Waals surface area (Å²) in [6.45, 7) is 6.05. The molecule has 1 aromatic heterocycles. The van der Waals surface area contributed by atoms with Crippen LogP contribution in [0.4, 0.5) is 17.1 Å². The summed E-state index contributed by atoms with van der Waals surface area (Å²) in [6.07, 6.45) is 0.167. The lowest BCUT2D eigenvalue weighted by molar-refractivity contribution is -0.384. The quantitative estimate of drug-likeness (QED) is 0.464. The van der Waals surface area contributed by atoms with Crippen LogP contribution in [0.15, 0.2) is 48.5 Å². The molecule has 1 amide bonds. The van der Waals surface area contributed by atoms with Crippen molar-refractivity contribution in [1.82, 2.24) is 9.78 Å². The number of aryl methyl sites for hydroxylation is 2. The van der Waals surface area contributed by atoms with Crippen molar-refractivity contribution in [2.75, 3.05) is 17.2 Å². The highest BCUT2D eigenvalue weighted by Gasteiger charge is 2.16. The highest BCUT2D eigenvalue weighted by Crippen LogP contribution is 2.24. The Bertz CT molecular complexity index is 1040. The molecule has 8 heteroatoms. The number of para-hydroxylation sites is 2. The fourth-order valence-electron chi connectivity index (χ4n) is 3.06. The summed E-state index contributed by atoms with van der Waals surface area (Å²) in [5.74, 6) is -0.189. The third-order valence-corrected chi connectivity index (χ3v) is 4.60. The first kappa shape index (κ1) is 20.1. The van der Waals surface area contributed by atoms with Crippen LogP contribution in [0.3, 0.4) is 0 Å². The summed E-state index contributed by atoms with van der Waals surface area (Å²) < 4.78 is 1.80. The Hall–Kier alpha value is -3.68. The second-order valence-corrected chi connectivity index (χ2v) is 6.79. The molecule has 3 aromatic rings. The van der Waals surface area contributed by atoms with Crippen molar-refractivity contribution >= 4 is 23.0 Å². The third kappa shape index (κ3) is 4.60. The molecular weight excluding hydrogens is 370 g/mol. The van der Waals surface area contributed by atoms with Crippen LogP contribution in [-0.2, 0) is 4.79 Å². The van der Waals surface area contributed by atoms with E-state index >= 15 is 0 Å². The molecule has 1 heterocycles. The topological polar surface area (TPSA) is 102 Å². The molecule has 0 saturated heterocycles. The van der Waals surface area contributed by atoms with E-state index in [2.05, 4.69) is 15.7 Å². The van der Waals surface area contributed by atoms with Gasteiger partial charge < -0.3 is 10.6 Å². The van der Waals surface area contributed by atoms with E-state index in [-0.39, 0.29) is 24.6 Å². The van der Waals surface area contributed by atoms with Gasteiger partial charge in [0.2, 0.25) is 5.91 Å². The van der Waals surface area contributed by atoms with Gasteiger partial charge in [-0.25, -0.2) is 4.68 Å². The van der Waals surface area contributed by atoms with Gasteiger partial charge >= 0.3 is 0 Å². The predicted molar refractivity (Wildman–Crippen MR) is 113 cm³/mol. The van der Waals surface area contributed by atoms with Crippen molar-refractivity contribution in [1.29, 1.82) is 0 Å². The zero-order chi connectivity index (χ0) is 21.0. The average Bonchev–Trinajstić information content (AvgIpc) is 2.97. The molecule has 0 radical (unpaired) electrons. The van der Waals surface area contributed by atoms with Gasteiger partial charge in [0.05, 0.1) is 27.7 Å². The number of amides is 1. The number of nitro benzene ring substituents is 1. The van der Waals surface area contributed by atoms with Crippen molar-refractivity contribution < 1.29 is 9.72 Å². The average molecular weight is 393 g/mol. The molecule has 2 N–H and O–H groups in total. The molecule has 8 nitrogen and oxygen atoms in total. The Morgan fingerprint density at radius 3 is 2.48 bits per heavy atom. The summed E-state index contributed by atoms with van der Waals surface area (Å²) in [7, 11) is 0. The summed E-state index contributed by atoms with van der Waals surface area (Å²) in [5, 5.41) is 21.4. The smallest absolute Gasteiger partial charge is 0.292 e. The lowest BCUT2D eigenvalue weighted by atomic mass is 10.2. The maximum atomic E-state index is 12.4. The lowest BCUT2D eigenvalue weighted by Gasteiger charge is -2.09. The monoisotopic (exact) mass is 393 g/mol. The molecule has 0 saturated carbocycles. The third-order valence-electron chi connectivity index (χ3n) is 4.60. The largest absolute Gasteiger partial charge is 0.379 e. The predicted octanol–water partition coefficient (Wildman–Crippen LogP) is 4.15. The number of hydrogen-bond acceptors (Lipinski definition) is 5. The Labute approximate surface area is 168 Å². The van der Waals surface area contributed by atoms with Crippen LogP contribution >= 0.6 is 0 Å². The van der Waals surface area contributed by atoms with Crippen molar-refractivity contribution in [2.45, 2.75) is 27.2 Å². The molecule has 0 aliphatic rings. The van der Waals surface area contributed by atoms with Gasteiger partial charge in [-0.3, -0.25) is 14.9 Å². The zero-order valence-electron chi connectivity index (χ0n) is 16.6. The van der Waals surface area contributed by atoms with Crippen molar-refractivity contribution in [3.8, 4) is 5.69 Å². The van der Waals surface area contributed by atoms with E-state index in [1.165, 1.54) is 6.07 Å². The number of anilines is 2. The number of nitrogens with zero attached hydrogens (tertiary/aromatic N) is 3. The molecule has 0 spiro atoms. The van der Waals surface area contributed by atoms with Gasteiger partial charge in [-0.15, -0.1) is 0 Å². The molecule has 0 fully saturated rings. The second-order valence-electron chi connectivity index (χ2n) is 6.79. The number of rotatable bonds is 7. The highest BCUT2D eigenvalue weighted by atomic mass is 16.6. The number of nitro groups is 1. The van der Waals surface area contributed by atoms with Crippen molar-refractivity contribution in [2.24, 2.45) is 0 Å². The molecular formula is C21H23N5O3. The van der Waals surface area contributed by atoms with Crippen molar-refractivity contribution in [3.05, 3.63) is 75.6 Å². The number of carbonyl (C=O) groups excluding carboxylic acids is 1. The first-order valence-corrected chi connectivity index (χ1v) is 9.27. The Morgan fingerprint density at radius 1 is 1.10 bits per heavy atom. The van der Waals surface area contributed by atoms with E-state index in [0.29, 0.717) is 11.4 Å². The maximum Gasteiger partial charge on any atom is 0.292 e. The van der Waals surface area contributed by atoms with Crippen molar-refractivity contribution in [3.63, 3.8) is 0 Å². The highest BCUT2D eigenvalue weighted by molar-refractivity contribution is 5.92. The van der Waals surface area contributed by atoms with Gasteiger partial charge in [0.25, 0.3) is 5.69 Å². The van der Waals surface area contributed by atoms with Crippen LogP contribution in [-0.4, -0.2) is 27.2 Å². The molecule has 2 aromatic carbocycles.